The van der Waals surface area contributed by atoms with Crippen molar-refractivity contribution >= 4 is 19.1 Å². The summed E-state index contributed by atoms with van der Waals surface area (Å²) in [5, 5.41) is 31.8. The third-order valence-electron chi connectivity index (χ3n) is 6.83. The number of carbonyl (C=O) groups is 2. The number of rotatable bonds is 8. The van der Waals surface area contributed by atoms with Crippen molar-refractivity contribution in [1.29, 1.82) is 5.26 Å². The lowest BCUT2D eigenvalue weighted by atomic mass is 9.76. The number of hydrogen-bond acceptors (Lipinski definition) is 8. The first-order chi connectivity index (χ1) is 17.7. The molecule has 2 atom stereocenters. The van der Waals surface area contributed by atoms with Crippen molar-refractivity contribution in [2.45, 2.75) is 57.1 Å². The van der Waals surface area contributed by atoms with Gasteiger partial charge in [-0.1, -0.05) is 30.3 Å². The van der Waals surface area contributed by atoms with E-state index in [1.807, 2.05) is 44.2 Å². The topological polar surface area (TPSA) is 135 Å². The molecular weight excluding hydrogens is 475 g/mol. The van der Waals surface area contributed by atoms with Gasteiger partial charge in [-0.2, -0.15) is 5.26 Å². The predicted octanol–water partition coefficient (Wildman–Crippen LogP) is 1.28. The van der Waals surface area contributed by atoms with Crippen molar-refractivity contribution in [3.8, 4) is 6.07 Å². The quantitative estimate of drug-likeness (QED) is 0.269. The monoisotopic (exact) mass is 512 g/mol. The zero-order valence-corrected chi connectivity index (χ0v) is 21.6. The largest absolute Gasteiger partial charge is 0.475 e. The van der Waals surface area contributed by atoms with Gasteiger partial charge in [-0.05, 0) is 51.2 Å². The minimum atomic E-state index is -1.77. The third-order valence-corrected chi connectivity index (χ3v) is 6.83. The van der Waals surface area contributed by atoms with Crippen molar-refractivity contribution in [2.24, 2.45) is 0 Å². The first kappa shape index (κ1) is 28.7. The molecule has 0 radical (unpaired) electrons. The van der Waals surface area contributed by atoms with E-state index in [4.69, 9.17) is 9.47 Å². The van der Waals surface area contributed by atoms with Crippen LogP contribution in [-0.4, -0.2) is 95.9 Å². The summed E-state index contributed by atoms with van der Waals surface area (Å²) in [6, 6.07) is 11.2. The molecule has 0 unspecified atom stereocenters. The lowest BCUT2D eigenvalue weighted by molar-refractivity contribution is -0.127. The van der Waals surface area contributed by atoms with E-state index in [0.717, 1.165) is 31.5 Å². The Morgan fingerprint density at radius 3 is 2.59 bits per heavy atom. The van der Waals surface area contributed by atoms with E-state index in [2.05, 4.69) is 16.3 Å². The van der Waals surface area contributed by atoms with Crippen molar-refractivity contribution < 1.29 is 29.1 Å². The van der Waals surface area contributed by atoms with E-state index >= 15 is 0 Å². The van der Waals surface area contributed by atoms with Gasteiger partial charge < -0.3 is 29.7 Å². The van der Waals surface area contributed by atoms with E-state index < -0.39 is 30.8 Å². The van der Waals surface area contributed by atoms with Crippen LogP contribution in [0.15, 0.2) is 42.0 Å². The summed E-state index contributed by atoms with van der Waals surface area (Å²) in [5.41, 5.74) is 0.404. The lowest BCUT2D eigenvalue weighted by Gasteiger charge is -2.39. The molecule has 10 nitrogen and oxygen atoms in total. The van der Waals surface area contributed by atoms with Crippen LogP contribution in [-0.2, 0) is 20.7 Å². The van der Waals surface area contributed by atoms with Crippen LogP contribution >= 0.6 is 0 Å². The molecule has 3 rings (SSSR count). The highest BCUT2D eigenvalue weighted by atomic mass is 16.6. The second-order valence-corrected chi connectivity index (χ2v) is 10.1. The van der Waals surface area contributed by atoms with E-state index in [1.165, 1.54) is 0 Å². The molecular formula is C26H37BN4O6. The smallest absolute Gasteiger partial charge is 0.444 e. The number of nitriles is 1. The molecule has 0 bridgehead atoms. The van der Waals surface area contributed by atoms with Crippen molar-refractivity contribution in [2.75, 3.05) is 39.4 Å². The zero-order valence-electron chi connectivity index (χ0n) is 21.6. The van der Waals surface area contributed by atoms with Gasteiger partial charge in [-0.3, -0.25) is 9.69 Å². The maximum absolute atomic E-state index is 13.3. The molecule has 2 aliphatic rings. The van der Waals surface area contributed by atoms with Gasteiger partial charge in [0.2, 0.25) is 0 Å². The van der Waals surface area contributed by atoms with E-state index in [1.54, 1.807) is 11.0 Å². The summed E-state index contributed by atoms with van der Waals surface area (Å²) in [4.78, 5) is 29.7. The van der Waals surface area contributed by atoms with Gasteiger partial charge in [0.25, 0.3) is 5.91 Å². The molecule has 2 saturated heterocycles. The summed E-state index contributed by atoms with van der Waals surface area (Å²) in [5.74, 6) is -1.33. The molecule has 0 aromatic heterocycles. The van der Waals surface area contributed by atoms with Gasteiger partial charge in [0, 0.05) is 25.2 Å². The molecule has 2 amide bonds. The first-order valence-corrected chi connectivity index (χ1v) is 12.8. The van der Waals surface area contributed by atoms with Gasteiger partial charge in [0.15, 0.2) is 0 Å². The van der Waals surface area contributed by atoms with Gasteiger partial charge >= 0.3 is 13.2 Å². The Labute approximate surface area is 219 Å². The van der Waals surface area contributed by atoms with Crippen LogP contribution in [0.2, 0.25) is 0 Å². The minimum absolute atomic E-state index is 0.0629. The van der Waals surface area contributed by atoms with Gasteiger partial charge in [-0.25, -0.2) is 4.79 Å². The van der Waals surface area contributed by atoms with Crippen LogP contribution in [0.25, 0.3) is 0 Å². The number of carbonyl (C=O) groups excluding carboxylic acids is 2. The fourth-order valence-electron chi connectivity index (χ4n) is 4.72. The molecule has 2 heterocycles. The molecule has 1 aromatic carbocycles. The number of alkyl carbamates (subject to hydrolysis) is 1. The Balaban J connectivity index is 1.62. The van der Waals surface area contributed by atoms with Gasteiger partial charge in [-0.15, -0.1) is 0 Å². The molecule has 200 valence electrons. The van der Waals surface area contributed by atoms with Crippen LogP contribution in [0.4, 0.5) is 4.79 Å². The Morgan fingerprint density at radius 2 is 1.95 bits per heavy atom. The summed E-state index contributed by atoms with van der Waals surface area (Å²) < 4.78 is 11.0. The predicted molar refractivity (Wildman–Crippen MR) is 138 cm³/mol. The Morgan fingerprint density at radius 1 is 1.24 bits per heavy atom. The number of amides is 2. The first-order valence-electron chi connectivity index (χ1n) is 12.8. The molecule has 2 aliphatic heterocycles. The number of morpholine rings is 1. The average Bonchev–Trinajstić information content (AvgIpc) is 3.13. The second-order valence-electron chi connectivity index (χ2n) is 10.1. The van der Waals surface area contributed by atoms with E-state index in [0.29, 0.717) is 26.2 Å². The Bertz CT molecular complexity index is 975. The molecule has 1 aromatic rings. The highest BCUT2D eigenvalue weighted by molar-refractivity contribution is 6.43. The fraction of sp³-hybridized carbons (Fsp3) is 0.577. The third kappa shape index (κ3) is 8.57. The molecule has 2 fully saturated rings. The SMILES string of the molecule is CC(C)(C=C(C#N)C(=O)N1CCCC[C@H](OC(=O)N[C@@H](Cc2ccccc2)B(O)O)C1)N1CCOCC1. The number of ether oxygens (including phenoxy) is 2. The van der Waals surface area contributed by atoms with Crippen LogP contribution < -0.4 is 5.32 Å². The summed E-state index contributed by atoms with van der Waals surface area (Å²) in [7, 11) is -1.77. The van der Waals surface area contributed by atoms with E-state index in [-0.39, 0.29) is 24.4 Å². The molecule has 3 N–H and O–H groups in total. The van der Waals surface area contributed by atoms with Crippen LogP contribution in [0.5, 0.6) is 0 Å². The average molecular weight is 512 g/mol. The Hall–Kier alpha value is -2.91. The maximum Gasteiger partial charge on any atom is 0.475 e. The number of hydrogen-bond donors (Lipinski definition) is 3. The number of nitrogens with zero attached hydrogens (tertiary/aromatic N) is 3. The maximum atomic E-state index is 13.3. The summed E-state index contributed by atoms with van der Waals surface area (Å²) in [6.45, 7) is 7.24. The molecule has 0 spiro atoms. The number of likely N-dealkylation sites (tertiary alicyclic amines) is 1. The normalized spacial score (nSPS) is 20.4. The van der Waals surface area contributed by atoms with Gasteiger partial charge in [0.1, 0.15) is 17.7 Å². The van der Waals surface area contributed by atoms with Gasteiger partial charge in [0.05, 0.1) is 25.7 Å². The van der Waals surface area contributed by atoms with E-state index in [9.17, 15) is 24.9 Å². The number of benzene rings is 1. The fourth-order valence-corrected chi connectivity index (χ4v) is 4.72. The number of nitrogens with one attached hydrogen (secondary N) is 1. The molecule has 11 heteroatoms. The summed E-state index contributed by atoms with van der Waals surface area (Å²) in [6.07, 6.45) is 2.62. The van der Waals surface area contributed by atoms with Crippen molar-refractivity contribution in [3.05, 3.63) is 47.5 Å². The standard InChI is InChI=1S/C26H37BN4O6/c1-26(2,31-12-14-36-15-13-31)17-21(18-28)24(32)30-11-7-6-10-22(19-30)37-25(33)29-23(27(34)35)16-20-8-4-3-5-9-20/h3-5,8-9,17,22-23,34-35H,6-7,10-16,19H2,1-2H3,(H,29,33)/t22-,23-/m0/s1. The highest BCUT2D eigenvalue weighted by Crippen LogP contribution is 2.22. The van der Waals surface area contributed by atoms with Crippen molar-refractivity contribution in [1.82, 2.24) is 15.1 Å². The van der Waals surface area contributed by atoms with Crippen LogP contribution in [0, 0.1) is 11.3 Å². The summed E-state index contributed by atoms with van der Waals surface area (Å²) >= 11 is 0. The van der Waals surface area contributed by atoms with Crippen molar-refractivity contribution in [3.63, 3.8) is 0 Å². The minimum Gasteiger partial charge on any atom is -0.444 e. The molecule has 37 heavy (non-hydrogen) atoms. The zero-order chi connectivity index (χ0) is 26.8. The van der Waals surface area contributed by atoms with Crippen LogP contribution in [0.3, 0.4) is 0 Å². The Kier molecular flexibility index (Phi) is 10.5. The molecule has 0 saturated carbocycles. The lowest BCUT2D eigenvalue weighted by Crippen LogP contribution is -2.50. The second kappa shape index (κ2) is 13.6. The highest BCUT2D eigenvalue weighted by Gasteiger charge is 2.32. The van der Waals surface area contributed by atoms with Crippen LogP contribution in [0.1, 0.15) is 38.7 Å². The molecule has 0 aliphatic carbocycles.